The normalized spacial score (nSPS) is 13.9. The molecule has 0 aliphatic heterocycles. The van der Waals surface area contributed by atoms with Gasteiger partial charge < -0.3 is 5.11 Å². The number of aliphatic hydroxyl groups excluding tert-OH is 1. The first kappa shape index (κ1) is 12.0. The summed E-state index contributed by atoms with van der Waals surface area (Å²) in [6.45, 7) is -0.474. The van der Waals surface area contributed by atoms with Gasteiger partial charge in [0.05, 0.1) is 12.2 Å². The topological polar surface area (TPSA) is 55.5 Å². The fourth-order valence-corrected chi connectivity index (χ4v) is 1.14. The van der Waals surface area contributed by atoms with Crippen LogP contribution in [0.25, 0.3) is 0 Å². The van der Waals surface area contributed by atoms with Crippen molar-refractivity contribution in [2.75, 3.05) is 6.61 Å². The summed E-state index contributed by atoms with van der Waals surface area (Å²) in [5.74, 6) is 4.83. The van der Waals surface area contributed by atoms with Gasteiger partial charge in [0.2, 0.25) is 0 Å². The lowest BCUT2D eigenvalue weighted by atomic mass is 10.1. The molecule has 0 saturated heterocycles. The average Bonchev–Trinajstić information content (AvgIpc) is 2.19. The van der Waals surface area contributed by atoms with Crippen LogP contribution in [0.15, 0.2) is 24.3 Å². The molecule has 0 saturated carbocycles. The Kier molecular flexibility index (Phi) is 3.67. The van der Waals surface area contributed by atoms with E-state index in [0.717, 1.165) is 12.1 Å². The van der Waals surface area contributed by atoms with Crippen LogP contribution in [0, 0.1) is 0 Å². The van der Waals surface area contributed by atoms with Crippen LogP contribution in [0.1, 0.15) is 17.2 Å². The molecule has 0 fully saturated rings. The first-order valence-electron chi connectivity index (χ1n) is 4.12. The zero-order valence-electron chi connectivity index (χ0n) is 7.66. The molecule has 0 aliphatic rings. The Bertz CT molecular complexity index is 323. The second-order valence-corrected chi connectivity index (χ2v) is 2.93. The molecule has 0 radical (unpaired) electrons. The van der Waals surface area contributed by atoms with Gasteiger partial charge in [0, 0.05) is 0 Å². The van der Waals surface area contributed by atoms with E-state index in [9.17, 15) is 13.2 Å². The summed E-state index contributed by atoms with van der Waals surface area (Å²) >= 11 is 0. The third-order valence-corrected chi connectivity index (χ3v) is 1.92. The van der Waals surface area contributed by atoms with Crippen molar-refractivity contribution in [2.45, 2.75) is 12.3 Å². The Morgan fingerprint density at radius 1 is 1.40 bits per heavy atom. The molecule has 0 spiro atoms. The van der Waals surface area contributed by atoms with E-state index in [1.54, 1.807) is 0 Å². The summed E-state index contributed by atoms with van der Waals surface area (Å²) in [5.41, 5.74) is -0.606. The molecular weight excluding hydrogens is 211 g/mol. The van der Waals surface area contributed by atoms with Crippen molar-refractivity contribution in [2.24, 2.45) is 5.90 Å². The highest BCUT2D eigenvalue weighted by atomic mass is 19.4. The molecule has 3 nitrogen and oxygen atoms in total. The van der Waals surface area contributed by atoms with Gasteiger partial charge in [-0.3, -0.25) is 4.84 Å². The lowest BCUT2D eigenvalue weighted by Crippen LogP contribution is -2.14. The predicted octanol–water partition coefficient (Wildman–Crippen LogP) is 1.63. The summed E-state index contributed by atoms with van der Waals surface area (Å²) in [7, 11) is 0. The van der Waals surface area contributed by atoms with Gasteiger partial charge in [-0.2, -0.15) is 13.2 Å². The number of benzene rings is 1. The van der Waals surface area contributed by atoms with Gasteiger partial charge in [0.15, 0.2) is 0 Å². The highest BCUT2D eigenvalue weighted by Gasteiger charge is 2.30. The molecule has 1 atom stereocenters. The van der Waals surface area contributed by atoms with E-state index >= 15 is 0 Å². The van der Waals surface area contributed by atoms with Crippen molar-refractivity contribution in [1.82, 2.24) is 0 Å². The Hall–Kier alpha value is -1.11. The van der Waals surface area contributed by atoms with E-state index in [-0.39, 0.29) is 5.56 Å². The van der Waals surface area contributed by atoms with E-state index in [4.69, 9.17) is 11.0 Å². The summed E-state index contributed by atoms with van der Waals surface area (Å²) < 4.78 is 36.9. The van der Waals surface area contributed by atoms with Crippen LogP contribution < -0.4 is 5.90 Å². The molecular formula is C9H10F3NO2. The maximum atomic E-state index is 12.3. The van der Waals surface area contributed by atoms with Crippen LogP contribution >= 0.6 is 0 Å². The minimum absolute atomic E-state index is 0.190. The van der Waals surface area contributed by atoms with Crippen molar-refractivity contribution in [1.29, 1.82) is 0 Å². The Morgan fingerprint density at radius 2 is 2.07 bits per heavy atom. The quantitative estimate of drug-likeness (QED) is 0.762. The van der Waals surface area contributed by atoms with E-state index in [1.165, 1.54) is 12.1 Å². The monoisotopic (exact) mass is 221 g/mol. The van der Waals surface area contributed by atoms with Gasteiger partial charge in [-0.1, -0.05) is 12.1 Å². The largest absolute Gasteiger partial charge is 0.416 e. The SMILES string of the molecule is NOC(CO)c1cccc(C(F)(F)F)c1. The lowest BCUT2D eigenvalue weighted by molar-refractivity contribution is -0.137. The Morgan fingerprint density at radius 3 is 2.53 bits per heavy atom. The summed E-state index contributed by atoms with van der Waals surface area (Å²) in [4.78, 5) is 4.34. The van der Waals surface area contributed by atoms with Crippen molar-refractivity contribution in [3.63, 3.8) is 0 Å². The number of alkyl halides is 3. The molecule has 6 heteroatoms. The van der Waals surface area contributed by atoms with Crippen LogP contribution in [0.2, 0.25) is 0 Å². The van der Waals surface area contributed by atoms with Crippen LogP contribution in [-0.2, 0) is 11.0 Å². The highest BCUT2D eigenvalue weighted by molar-refractivity contribution is 5.27. The maximum absolute atomic E-state index is 12.3. The van der Waals surface area contributed by atoms with Crippen molar-refractivity contribution in [3.05, 3.63) is 35.4 Å². The van der Waals surface area contributed by atoms with Gasteiger partial charge >= 0.3 is 6.18 Å². The maximum Gasteiger partial charge on any atom is 0.416 e. The molecule has 15 heavy (non-hydrogen) atoms. The third-order valence-electron chi connectivity index (χ3n) is 1.92. The molecule has 1 aromatic carbocycles. The molecule has 0 aromatic heterocycles. The van der Waals surface area contributed by atoms with Crippen LogP contribution in [0.5, 0.6) is 0 Å². The standard InChI is InChI=1S/C9H10F3NO2/c10-9(11,12)7-3-1-2-6(4-7)8(5-14)15-13/h1-4,8,14H,5,13H2. The molecule has 3 N–H and O–H groups in total. The van der Waals surface area contributed by atoms with Crippen molar-refractivity contribution >= 4 is 0 Å². The predicted molar refractivity (Wildman–Crippen MR) is 46.5 cm³/mol. The summed E-state index contributed by atoms with van der Waals surface area (Å²) in [5, 5.41) is 8.79. The number of rotatable bonds is 3. The van der Waals surface area contributed by atoms with Crippen molar-refractivity contribution in [3.8, 4) is 0 Å². The summed E-state index contributed by atoms with van der Waals surface area (Å²) in [6.07, 6.45) is -5.35. The van der Waals surface area contributed by atoms with Gasteiger partial charge in [0.25, 0.3) is 0 Å². The number of nitrogens with two attached hydrogens (primary N) is 1. The van der Waals surface area contributed by atoms with Gasteiger partial charge in [-0.05, 0) is 17.7 Å². The van der Waals surface area contributed by atoms with Gasteiger partial charge in [-0.25, -0.2) is 5.90 Å². The molecule has 0 aliphatic carbocycles. The number of hydrogen-bond donors (Lipinski definition) is 2. The molecule has 0 bridgehead atoms. The number of aliphatic hydroxyl groups is 1. The van der Waals surface area contributed by atoms with E-state index < -0.39 is 24.5 Å². The second kappa shape index (κ2) is 4.61. The number of halogens is 3. The van der Waals surface area contributed by atoms with Crippen molar-refractivity contribution < 1.29 is 23.1 Å². The second-order valence-electron chi connectivity index (χ2n) is 2.93. The average molecular weight is 221 g/mol. The van der Waals surface area contributed by atoms with E-state index in [2.05, 4.69) is 4.84 Å². The molecule has 1 unspecified atom stereocenters. The van der Waals surface area contributed by atoms with E-state index in [0.29, 0.717) is 0 Å². The zero-order chi connectivity index (χ0) is 11.5. The number of hydrogen-bond acceptors (Lipinski definition) is 3. The smallest absolute Gasteiger partial charge is 0.393 e. The van der Waals surface area contributed by atoms with E-state index in [1.807, 2.05) is 0 Å². The molecule has 0 heterocycles. The third kappa shape index (κ3) is 2.92. The molecule has 0 amide bonds. The highest BCUT2D eigenvalue weighted by Crippen LogP contribution is 2.30. The first-order valence-corrected chi connectivity index (χ1v) is 4.12. The van der Waals surface area contributed by atoms with Crippen LogP contribution in [0.4, 0.5) is 13.2 Å². The molecule has 84 valence electrons. The summed E-state index contributed by atoms with van der Waals surface area (Å²) in [6, 6.07) is 4.48. The van der Waals surface area contributed by atoms with Crippen LogP contribution in [-0.4, -0.2) is 11.7 Å². The molecule has 1 rings (SSSR count). The molecule has 1 aromatic rings. The Balaban J connectivity index is 3.02. The zero-order valence-corrected chi connectivity index (χ0v) is 7.66. The fraction of sp³-hybridized carbons (Fsp3) is 0.333. The Labute approximate surface area is 84.2 Å². The van der Waals surface area contributed by atoms with Crippen LogP contribution in [0.3, 0.4) is 0 Å². The first-order chi connectivity index (χ1) is 6.99. The fourth-order valence-electron chi connectivity index (χ4n) is 1.14. The van der Waals surface area contributed by atoms with Gasteiger partial charge in [0.1, 0.15) is 6.10 Å². The minimum atomic E-state index is -4.41. The minimum Gasteiger partial charge on any atom is -0.393 e. The lowest BCUT2D eigenvalue weighted by Gasteiger charge is -2.14. The van der Waals surface area contributed by atoms with Gasteiger partial charge in [-0.15, -0.1) is 0 Å².